The van der Waals surface area contributed by atoms with Crippen LogP contribution in [-0.4, -0.2) is 5.97 Å². The van der Waals surface area contributed by atoms with Gasteiger partial charge in [-0.3, -0.25) is 4.79 Å². The fourth-order valence-corrected chi connectivity index (χ4v) is 0.683. The molecule has 0 N–H and O–H groups in total. The van der Waals surface area contributed by atoms with E-state index in [0.29, 0.717) is 0 Å². The van der Waals surface area contributed by atoms with E-state index in [4.69, 9.17) is 11.8 Å². The minimum absolute atomic E-state index is 0. The number of hydrogen-bond acceptors (Lipinski definition) is 3. The maximum absolute atomic E-state index is 10.4. The number of rotatable bonds is 2. The summed E-state index contributed by atoms with van der Waals surface area (Å²) < 4.78 is 4.66. The number of nitrogens with zero attached hydrogens (tertiary/aromatic N) is 1. The summed E-state index contributed by atoms with van der Waals surface area (Å²) in [5, 5.41) is 6.25. The third kappa shape index (κ3) is 7.23. The van der Waals surface area contributed by atoms with E-state index < -0.39 is 0 Å². The molecule has 3 nitrogen and oxygen atoms in total. The van der Waals surface area contributed by atoms with Crippen LogP contribution in [0.5, 0.6) is 0 Å². The molecule has 0 amide bonds. The molecule has 77 valence electrons. The monoisotopic (exact) mass is 238 g/mol. The number of carbonyl (C=O) groups is 1. The van der Waals surface area contributed by atoms with Gasteiger partial charge in [0.15, 0.2) is 0 Å². The van der Waals surface area contributed by atoms with Gasteiger partial charge in [0.2, 0.25) is 0 Å². The van der Waals surface area contributed by atoms with Crippen molar-refractivity contribution in [2.45, 2.75) is 6.92 Å². The van der Waals surface area contributed by atoms with E-state index in [1.165, 1.54) is 13.5 Å². The summed E-state index contributed by atoms with van der Waals surface area (Å²) in [6, 6.07) is 9.40. The van der Waals surface area contributed by atoms with Gasteiger partial charge in [-0.15, -0.1) is 12.1 Å². The first-order valence-electron chi connectivity index (χ1n) is 3.57. The summed E-state index contributed by atoms with van der Waals surface area (Å²) in [5.41, 5.74) is 0.891. The maximum atomic E-state index is 10.4. The molecule has 4 heteroatoms. The minimum atomic E-state index is -0.297. The molecule has 0 unspecified atom stereocenters. The van der Waals surface area contributed by atoms with Gasteiger partial charge in [-0.2, -0.15) is 17.7 Å². The molecule has 14 heavy (non-hydrogen) atoms. The van der Waals surface area contributed by atoms with E-state index in [1.807, 2.05) is 30.3 Å². The van der Waals surface area contributed by atoms with Crippen molar-refractivity contribution in [3.63, 3.8) is 0 Å². The molecule has 1 aromatic carbocycles. The molecule has 0 aromatic heterocycles. The SMILES string of the molecule is CC(=O)O[CH-]c1ccccc1.[C-]#N.[Cu+2]. The fraction of sp³-hybridized carbons (Fsp3) is 0.100. The third-order valence-electron chi connectivity index (χ3n) is 1.16. The number of carbonyl (C=O) groups excluding carboxylic acids is 1. The molecular weight excluding hydrogens is 230 g/mol. The van der Waals surface area contributed by atoms with Gasteiger partial charge in [0.1, 0.15) is 0 Å². The molecular formula is C10H9CuNO2. The van der Waals surface area contributed by atoms with Crippen molar-refractivity contribution in [3.05, 3.63) is 49.1 Å². The van der Waals surface area contributed by atoms with Crippen LogP contribution in [0.4, 0.5) is 0 Å². The van der Waals surface area contributed by atoms with Gasteiger partial charge in [-0.25, -0.2) is 0 Å². The molecule has 0 atom stereocenters. The fourth-order valence-electron chi connectivity index (χ4n) is 0.683. The summed E-state index contributed by atoms with van der Waals surface area (Å²) >= 11 is 0. The quantitative estimate of drug-likeness (QED) is 0.449. The van der Waals surface area contributed by atoms with Crippen molar-refractivity contribution >= 4 is 5.97 Å². The number of esters is 1. The topological polar surface area (TPSA) is 50.1 Å². The van der Waals surface area contributed by atoms with Gasteiger partial charge in [-0.05, 0) is 6.61 Å². The Morgan fingerprint density at radius 2 is 1.86 bits per heavy atom. The van der Waals surface area contributed by atoms with Gasteiger partial charge >= 0.3 is 17.1 Å². The second-order valence-corrected chi connectivity index (χ2v) is 2.14. The summed E-state index contributed by atoms with van der Waals surface area (Å²) in [4.78, 5) is 10.4. The average Bonchev–Trinajstić information content (AvgIpc) is 2.19. The van der Waals surface area contributed by atoms with E-state index >= 15 is 0 Å². The molecule has 0 saturated heterocycles. The molecule has 0 aliphatic rings. The van der Waals surface area contributed by atoms with Crippen molar-refractivity contribution < 1.29 is 26.6 Å². The van der Waals surface area contributed by atoms with Crippen LogP contribution in [0.1, 0.15) is 12.5 Å². The molecule has 1 rings (SSSR count). The summed E-state index contributed by atoms with van der Waals surface area (Å²) in [6.45, 7) is 7.56. The predicted octanol–water partition coefficient (Wildman–Crippen LogP) is 1.85. The molecule has 0 aliphatic carbocycles. The Bertz CT molecular complexity index is 272. The van der Waals surface area contributed by atoms with Crippen LogP contribution < -0.4 is 0 Å². The first-order chi connectivity index (χ1) is 6.29. The van der Waals surface area contributed by atoms with Gasteiger partial charge in [-0.1, -0.05) is 6.07 Å². The van der Waals surface area contributed by atoms with Crippen molar-refractivity contribution in [1.82, 2.24) is 0 Å². The number of ether oxygens (including phenoxy) is 1. The Hall–Kier alpha value is -1.43. The molecule has 0 saturated carbocycles. The van der Waals surface area contributed by atoms with Crippen LogP contribution in [-0.2, 0) is 26.6 Å². The van der Waals surface area contributed by atoms with Crippen LogP contribution in [0.2, 0.25) is 0 Å². The average molecular weight is 239 g/mol. The predicted molar refractivity (Wildman–Crippen MR) is 46.6 cm³/mol. The zero-order valence-corrected chi connectivity index (χ0v) is 8.47. The molecule has 1 radical (unpaired) electrons. The Balaban J connectivity index is 0. The molecule has 0 heterocycles. The largest absolute Gasteiger partial charge is 2.00 e. The zero-order chi connectivity index (χ0) is 10.1. The summed E-state index contributed by atoms with van der Waals surface area (Å²) in [5.74, 6) is -0.297. The smallest absolute Gasteiger partial charge is 0.512 e. The summed E-state index contributed by atoms with van der Waals surface area (Å²) in [7, 11) is 0. The van der Waals surface area contributed by atoms with Crippen molar-refractivity contribution in [3.8, 4) is 0 Å². The minimum Gasteiger partial charge on any atom is -0.512 e. The van der Waals surface area contributed by atoms with E-state index in [1.54, 1.807) is 0 Å². The number of benzene rings is 1. The van der Waals surface area contributed by atoms with E-state index in [0.717, 1.165) is 5.56 Å². The molecule has 1 aromatic rings. The Kier molecular flexibility index (Phi) is 10.4. The standard InChI is InChI=1S/C9H9O2.CN.Cu/c1-8(10)11-7-9-5-3-2-4-6-9;1-2;/h2-7H,1H3;;/q2*-1;+2. The third-order valence-corrected chi connectivity index (χ3v) is 1.16. The van der Waals surface area contributed by atoms with Crippen LogP contribution in [0.15, 0.2) is 30.3 Å². The van der Waals surface area contributed by atoms with Crippen LogP contribution in [0.3, 0.4) is 0 Å². The van der Waals surface area contributed by atoms with Crippen molar-refractivity contribution in [2.75, 3.05) is 0 Å². The van der Waals surface area contributed by atoms with E-state index in [2.05, 4.69) is 4.74 Å². The number of hydrogen-bond donors (Lipinski definition) is 0. The van der Waals surface area contributed by atoms with Gasteiger partial charge in [0.05, 0.1) is 0 Å². The molecule has 0 spiro atoms. The van der Waals surface area contributed by atoms with Crippen LogP contribution in [0, 0.1) is 18.4 Å². The normalized spacial score (nSPS) is 7.07. The van der Waals surface area contributed by atoms with Gasteiger partial charge in [0, 0.05) is 6.92 Å². The van der Waals surface area contributed by atoms with Gasteiger partial charge in [0.25, 0.3) is 5.97 Å². The Labute approximate surface area is 94.2 Å². The van der Waals surface area contributed by atoms with Crippen LogP contribution >= 0.6 is 0 Å². The van der Waals surface area contributed by atoms with Crippen molar-refractivity contribution in [1.29, 1.82) is 5.26 Å². The maximum Gasteiger partial charge on any atom is 2.00 e. The van der Waals surface area contributed by atoms with Crippen molar-refractivity contribution in [2.24, 2.45) is 0 Å². The molecule has 0 bridgehead atoms. The van der Waals surface area contributed by atoms with Crippen LogP contribution in [0.25, 0.3) is 0 Å². The van der Waals surface area contributed by atoms with E-state index in [9.17, 15) is 4.79 Å². The zero-order valence-electron chi connectivity index (χ0n) is 7.53. The first kappa shape index (κ1) is 15.1. The first-order valence-corrected chi connectivity index (χ1v) is 3.57. The Morgan fingerprint density at radius 3 is 2.29 bits per heavy atom. The molecule has 0 aliphatic heterocycles. The Morgan fingerprint density at radius 1 is 1.36 bits per heavy atom. The second kappa shape index (κ2) is 9.66. The van der Waals surface area contributed by atoms with Gasteiger partial charge < -0.3 is 16.6 Å². The van der Waals surface area contributed by atoms with E-state index in [-0.39, 0.29) is 23.0 Å². The summed E-state index contributed by atoms with van der Waals surface area (Å²) in [6.07, 6.45) is 0. The second-order valence-electron chi connectivity index (χ2n) is 2.14. The molecule has 0 fully saturated rings.